The first-order valence-electron chi connectivity index (χ1n) is 7.22. The van der Waals surface area contributed by atoms with Crippen molar-refractivity contribution >= 4 is 23.7 Å². The molecule has 1 aliphatic heterocycles. The second kappa shape index (κ2) is 7.23. The van der Waals surface area contributed by atoms with E-state index in [4.69, 9.17) is 25.8 Å². The van der Waals surface area contributed by atoms with E-state index >= 15 is 0 Å². The summed E-state index contributed by atoms with van der Waals surface area (Å²) >= 11 is 6.12. The van der Waals surface area contributed by atoms with Crippen molar-refractivity contribution in [3.8, 4) is 17.2 Å². The lowest BCUT2D eigenvalue weighted by atomic mass is 10.2. The fourth-order valence-electron chi connectivity index (χ4n) is 2.09. The van der Waals surface area contributed by atoms with Crippen LogP contribution in [0.15, 0.2) is 41.5 Å². The molecule has 124 valence electrons. The first kappa shape index (κ1) is 16.1. The molecule has 24 heavy (non-hydrogen) atoms. The van der Waals surface area contributed by atoms with Gasteiger partial charge in [-0.15, -0.1) is 0 Å². The summed E-state index contributed by atoms with van der Waals surface area (Å²) in [5.74, 6) is 1.44. The summed E-state index contributed by atoms with van der Waals surface area (Å²) in [6.45, 7) is 1.99. The molecular formula is C17H15ClN2O4. The highest BCUT2D eigenvalue weighted by molar-refractivity contribution is 6.33. The Labute approximate surface area is 144 Å². The summed E-state index contributed by atoms with van der Waals surface area (Å²) in [5, 5.41) is 4.32. The first-order chi connectivity index (χ1) is 11.6. The summed E-state index contributed by atoms with van der Waals surface area (Å²) in [6.07, 6.45) is 1.44. The zero-order valence-electron chi connectivity index (χ0n) is 12.9. The van der Waals surface area contributed by atoms with Gasteiger partial charge in [0.25, 0.3) is 5.91 Å². The van der Waals surface area contributed by atoms with Crippen molar-refractivity contribution in [2.24, 2.45) is 5.10 Å². The van der Waals surface area contributed by atoms with Crippen LogP contribution in [0.4, 0.5) is 0 Å². The Morgan fingerprint density at radius 1 is 1.33 bits per heavy atom. The Kier molecular flexibility index (Phi) is 4.86. The van der Waals surface area contributed by atoms with Gasteiger partial charge in [-0.2, -0.15) is 5.10 Å². The number of benzene rings is 2. The van der Waals surface area contributed by atoms with E-state index in [1.807, 2.05) is 25.1 Å². The topological polar surface area (TPSA) is 69.2 Å². The van der Waals surface area contributed by atoms with Gasteiger partial charge in [0.15, 0.2) is 18.1 Å². The summed E-state index contributed by atoms with van der Waals surface area (Å²) in [4.78, 5) is 11.7. The van der Waals surface area contributed by atoms with Gasteiger partial charge in [-0.3, -0.25) is 4.79 Å². The van der Waals surface area contributed by atoms with Crippen LogP contribution in [-0.2, 0) is 4.79 Å². The highest BCUT2D eigenvalue weighted by Crippen LogP contribution is 2.36. The van der Waals surface area contributed by atoms with Crippen LogP contribution in [-0.4, -0.2) is 25.5 Å². The third-order valence-corrected chi connectivity index (χ3v) is 3.57. The molecule has 0 bridgehead atoms. The molecule has 0 atom stereocenters. The van der Waals surface area contributed by atoms with Crippen LogP contribution in [0.2, 0.25) is 5.02 Å². The second-order valence-corrected chi connectivity index (χ2v) is 5.53. The Morgan fingerprint density at radius 2 is 2.12 bits per heavy atom. The van der Waals surface area contributed by atoms with E-state index in [0.29, 0.717) is 27.8 Å². The maximum Gasteiger partial charge on any atom is 0.277 e. The maximum atomic E-state index is 11.7. The average Bonchev–Trinajstić information content (AvgIpc) is 3.00. The number of carbonyl (C=O) groups is 1. The van der Waals surface area contributed by atoms with Crippen molar-refractivity contribution in [1.29, 1.82) is 0 Å². The second-order valence-electron chi connectivity index (χ2n) is 5.13. The van der Waals surface area contributed by atoms with E-state index in [9.17, 15) is 4.79 Å². The molecule has 0 aliphatic carbocycles. The number of rotatable bonds is 5. The summed E-state index contributed by atoms with van der Waals surface area (Å²) in [6, 6.07) is 10.8. The number of hydrogen-bond donors (Lipinski definition) is 1. The number of halogens is 1. The smallest absolute Gasteiger partial charge is 0.277 e. The Morgan fingerprint density at radius 3 is 2.92 bits per heavy atom. The van der Waals surface area contributed by atoms with Crippen LogP contribution in [0.1, 0.15) is 11.1 Å². The molecular weight excluding hydrogens is 332 g/mol. The monoisotopic (exact) mass is 346 g/mol. The highest BCUT2D eigenvalue weighted by Gasteiger charge is 2.15. The molecule has 2 aromatic rings. The SMILES string of the molecule is Cc1cccc(OCC(=O)NN=Cc2cc3c(cc2Cl)OCO3)c1. The van der Waals surface area contributed by atoms with Crippen molar-refractivity contribution < 1.29 is 19.0 Å². The molecule has 1 amide bonds. The third-order valence-electron chi connectivity index (χ3n) is 3.24. The normalized spacial score (nSPS) is 12.4. The number of amides is 1. The fourth-order valence-corrected chi connectivity index (χ4v) is 2.29. The minimum absolute atomic E-state index is 0.129. The predicted octanol–water partition coefficient (Wildman–Crippen LogP) is 2.91. The zero-order valence-corrected chi connectivity index (χ0v) is 13.7. The van der Waals surface area contributed by atoms with E-state index in [1.54, 1.807) is 18.2 Å². The van der Waals surface area contributed by atoms with Gasteiger partial charge in [-0.05, 0) is 30.7 Å². The maximum absolute atomic E-state index is 11.7. The van der Waals surface area contributed by atoms with Crippen LogP contribution in [0.5, 0.6) is 17.2 Å². The average molecular weight is 347 g/mol. The molecule has 0 aromatic heterocycles. The molecule has 1 aliphatic rings. The van der Waals surface area contributed by atoms with Crippen molar-refractivity contribution in [3.05, 3.63) is 52.5 Å². The van der Waals surface area contributed by atoms with Gasteiger partial charge >= 0.3 is 0 Å². The van der Waals surface area contributed by atoms with E-state index in [0.717, 1.165) is 5.56 Å². The third kappa shape index (κ3) is 3.97. The van der Waals surface area contributed by atoms with Gasteiger partial charge in [-0.1, -0.05) is 23.7 Å². The molecule has 1 N–H and O–H groups in total. The van der Waals surface area contributed by atoms with Gasteiger partial charge in [0.1, 0.15) is 5.75 Å². The van der Waals surface area contributed by atoms with Crippen LogP contribution in [0.25, 0.3) is 0 Å². The van der Waals surface area contributed by atoms with Gasteiger partial charge in [-0.25, -0.2) is 5.43 Å². The Balaban J connectivity index is 1.53. The lowest BCUT2D eigenvalue weighted by molar-refractivity contribution is -0.123. The zero-order chi connectivity index (χ0) is 16.9. The molecule has 0 radical (unpaired) electrons. The van der Waals surface area contributed by atoms with E-state index in [-0.39, 0.29) is 19.3 Å². The summed E-state index contributed by atoms with van der Waals surface area (Å²) in [5.41, 5.74) is 4.06. The van der Waals surface area contributed by atoms with Crippen LogP contribution in [0.3, 0.4) is 0 Å². The van der Waals surface area contributed by atoms with E-state index in [1.165, 1.54) is 6.21 Å². The predicted molar refractivity (Wildman–Crippen MR) is 90.0 cm³/mol. The fraction of sp³-hybridized carbons (Fsp3) is 0.176. The van der Waals surface area contributed by atoms with Crippen LogP contribution in [0, 0.1) is 6.92 Å². The van der Waals surface area contributed by atoms with Crippen molar-refractivity contribution in [2.75, 3.05) is 13.4 Å². The van der Waals surface area contributed by atoms with Gasteiger partial charge in [0.2, 0.25) is 6.79 Å². The van der Waals surface area contributed by atoms with E-state index < -0.39 is 0 Å². The van der Waals surface area contributed by atoms with Gasteiger partial charge in [0, 0.05) is 11.6 Å². The van der Waals surface area contributed by atoms with E-state index in [2.05, 4.69) is 10.5 Å². The minimum Gasteiger partial charge on any atom is -0.484 e. The van der Waals surface area contributed by atoms with Gasteiger partial charge in [0.05, 0.1) is 11.2 Å². The molecule has 0 spiro atoms. The van der Waals surface area contributed by atoms with Crippen LogP contribution < -0.4 is 19.6 Å². The molecule has 1 heterocycles. The number of nitrogens with one attached hydrogen (secondary N) is 1. The number of fused-ring (bicyclic) bond motifs is 1. The standard InChI is InChI=1S/C17H15ClN2O4/c1-11-3-2-4-13(5-11)22-9-17(21)20-19-8-12-6-15-16(7-14(12)18)24-10-23-15/h2-8H,9-10H2,1H3,(H,20,21). The quantitative estimate of drug-likeness (QED) is 0.667. The lowest BCUT2D eigenvalue weighted by Crippen LogP contribution is -2.24. The first-order valence-corrected chi connectivity index (χ1v) is 7.60. The highest BCUT2D eigenvalue weighted by atomic mass is 35.5. The lowest BCUT2D eigenvalue weighted by Gasteiger charge is -2.05. The van der Waals surface area contributed by atoms with Crippen LogP contribution >= 0.6 is 11.6 Å². The molecule has 2 aromatic carbocycles. The minimum atomic E-state index is -0.371. The summed E-state index contributed by atoms with van der Waals surface area (Å²) < 4.78 is 15.9. The molecule has 0 unspecified atom stereocenters. The Hall–Kier alpha value is -2.73. The van der Waals surface area contributed by atoms with Crippen molar-refractivity contribution in [2.45, 2.75) is 6.92 Å². The molecule has 3 rings (SSSR count). The molecule has 0 fully saturated rings. The largest absolute Gasteiger partial charge is 0.484 e. The van der Waals surface area contributed by atoms with Crippen molar-refractivity contribution in [1.82, 2.24) is 5.43 Å². The molecule has 0 saturated carbocycles. The van der Waals surface area contributed by atoms with Gasteiger partial charge < -0.3 is 14.2 Å². The molecule has 7 heteroatoms. The Bertz CT molecular complexity index is 792. The van der Waals surface area contributed by atoms with Crippen molar-refractivity contribution in [3.63, 3.8) is 0 Å². The number of ether oxygens (including phenoxy) is 3. The number of aryl methyl sites for hydroxylation is 1. The number of carbonyl (C=O) groups excluding carboxylic acids is 1. The molecule has 6 nitrogen and oxygen atoms in total. The number of hydrogen-bond acceptors (Lipinski definition) is 5. The molecule has 0 saturated heterocycles. The number of hydrazone groups is 1. The number of nitrogens with zero attached hydrogens (tertiary/aromatic N) is 1. The summed E-state index contributed by atoms with van der Waals surface area (Å²) in [7, 11) is 0.